The van der Waals surface area contributed by atoms with E-state index in [1.807, 2.05) is 19.1 Å². The Bertz CT molecular complexity index is 744. The van der Waals surface area contributed by atoms with Crippen molar-refractivity contribution < 1.29 is 19.0 Å². The second kappa shape index (κ2) is 7.55. The quantitative estimate of drug-likeness (QED) is 0.835. The fourth-order valence-corrected chi connectivity index (χ4v) is 2.67. The average molecular weight is 328 g/mol. The number of carbonyl (C=O) groups is 1. The normalized spacial score (nSPS) is 17.2. The van der Waals surface area contributed by atoms with Gasteiger partial charge in [-0.25, -0.2) is 4.79 Å². The van der Waals surface area contributed by atoms with Crippen LogP contribution in [0.1, 0.15) is 32.3 Å². The van der Waals surface area contributed by atoms with Crippen LogP contribution in [0, 0.1) is 11.3 Å². The number of nitriles is 1. The van der Waals surface area contributed by atoms with E-state index in [9.17, 15) is 10.1 Å². The summed E-state index contributed by atoms with van der Waals surface area (Å²) in [4.78, 5) is 12.5. The van der Waals surface area contributed by atoms with Gasteiger partial charge in [-0.3, -0.25) is 0 Å². The minimum Gasteiger partial charge on any atom is -0.494 e. The van der Waals surface area contributed by atoms with Crippen molar-refractivity contribution in [2.75, 3.05) is 13.2 Å². The highest BCUT2D eigenvalue weighted by Gasteiger charge is 2.37. The van der Waals surface area contributed by atoms with Crippen molar-refractivity contribution in [1.29, 1.82) is 5.26 Å². The van der Waals surface area contributed by atoms with Gasteiger partial charge in [-0.15, -0.1) is 0 Å². The third kappa shape index (κ3) is 3.20. The monoisotopic (exact) mass is 328 g/mol. The van der Waals surface area contributed by atoms with Gasteiger partial charge in [0.05, 0.1) is 24.7 Å². The molecule has 0 aromatic heterocycles. The first kappa shape index (κ1) is 17.4. The van der Waals surface area contributed by atoms with Crippen molar-refractivity contribution in [3.63, 3.8) is 0 Å². The van der Waals surface area contributed by atoms with Crippen LogP contribution in [0.15, 0.2) is 47.1 Å². The Kier molecular flexibility index (Phi) is 5.48. The van der Waals surface area contributed by atoms with E-state index in [1.165, 1.54) is 0 Å². The SMILES string of the molecule is CCOC(=O)C1=C(C)OC(N)=C(C#N)[C@H]1c1ccccc1OCC. The molecule has 0 saturated carbocycles. The summed E-state index contributed by atoms with van der Waals surface area (Å²) in [7, 11) is 0. The van der Waals surface area contributed by atoms with Crippen LogP contribution >= 0.6 is 0 Å². The number of carbonyl (C=O) groups excluding carboxylic acids is 1. The van der Waals surface area contributed by atoms with Gasteiger partial charge in [-0.2, -0.15) is 5.26 Å². The molecule has 24 heavy (non-hydrogen) atoms. The molecular weight excluding hydrogens is 308 g/mol. The molecule has 0 saturated heterocycles. The molecule has 0 bridgehead atoms. The van der Waals surface area contributed by atoms with Gasteiger partial charge in [-0.05, 0) is 26.8 Å². The number of benzene rings is 1. The first-order chi connectivity index (χ1) is 11.5. The molecule has 1 aromatic carbocycles. The molecule has 1 aromatic rings. The number of rotatable bonds is 5. The highest BCUT2D eigenvalue weighted by molar-refractivity contribution is 5.92. The zero-order chi connectivity index (χ0) is 17.7. The highest BCUT2D eigenvalue weighted by atomic mass is 16.5. The fourth-order valence-electron chi connectivity index (χ4n) is 2.67. The van der Waals surface area contributed by atoms with Crippen LogP contribution in [0.5, 0.6) is 5.75 Å². The van der Waals surface area contributed by atoms with Gasteiger partial charge < -0.3 is 19.9 Å². The first-order valence-corrected chi connectivity index (χ1v) is 7.72. The number of nitrogens with two attached hydrogens (primary N) is 1. The summed E-state index contributed by atoms with van der Waals surface area (Å²) >= 11 is 0. The van der Waals surface area contributed by atoms with Crippen LogP contribution in [0.25, 0.3) is 0 Å². The van der Waals surface area contributed by atoms with E-state index in [2.05, 4.69) is 6.07 Å². The highest BCUT2D eigenvalue weighted by Crippen LogP contribution is 2.42. The molecule has 6 nitrogen and oxygen atoms in total. The minimum atomic E-state index is -0.689. The van der Waals surface area contributed by atoms with E-state index >= 15 is 0 Å². The molecule has 0 aliphatic carbocycles. The summed E-state index contributed by atoms with van der Waals surface area (Å²) in [5.41, 5.74) is 6.97. The molecule has 0 fully saturated rings. The third-order valence-corrected chi connectivity index (χ3v) is 3.63. The van der Waals surface area contributed by atoms with Crippen LogP contribution in [0.4, 0.5) is 0 Å². The Morgan fingerprint density at radius 3 is 2.67 bits per heavy atom. The third-order valence-electron chi connectivity index (χ3n) is 3.63. The summed E-state index contributed by atoms with van der Waals surface area (Å²) in [6.45, 7) is 5.89. The van der Waals surface area contributed by atoms with Crippen molar-refractivity contribution in [3.8, 4) is 11.8 Å². The maximum atomic E-state index is 12.5. The van der Waals surface area contributed by atoms with E-state index in [4.69, 9.17) is 19.9 Å². The second-order valence-electron chi connectivity index (χ2n) is 5.09. The number of ether oxygens (including phenoxy) is 3. The Morgan fingerprint density at radius 2 is 2.04 bits per heavy atom. The summed E-state index contributed by atoms with van der Waals surface area (Å²) in [5, 5.41) is 9.55. The molecule has 126 valence electrons. The topological polar surface area (TPSA) is 94.6 Å². The Hall–Kier alpha value is -2.94. The lowest BCUT2D eigenvalue weighted by Gasteiger charge is -2.27. The van der Waals surface area contributed by atoms with Crippen LogP contribution in [-0.2, 0) is 14.3 Å². The zero-order valence-corrected chi connectivity index (χ0v) is 14.0. The van der Waals surface area contributed by atoms with E-state index in [0.29, 0.717) is 23.7 Å². The Morgan fingerprint density at radius 1 is 1.33 bits per heavy atom. The van der Waals surface area contributed by atoms with Gasteiger partial charge in [-0.1, -0.05) is 18.2 Å². The van der Waals surface area contributed by atoms with Crippen LogP contribution < -0.4 is 10.5 Å². The van der Waals surface area contributed by atoms with Crippen molar-refractivity contribution in [1.82, 2.24) is 0 Å². The van der Waals surface area contributed by atoms with Gasteiger partial charge in [0.1, 0.15) is 23.2 Å². The van der Waals surface area contributed by atoms with Crippen molar-refractivity contribution in [2.45, 2.75) is 26.7 Å². The van der Waals surface area contributed by atoms with Gasteiger partial charge in [0.2, 0.25) is 5.88 Å². The van der Waals surface area contributed by atoms with Crippen molar-refractivity contribution in [2.24, 2.45) is 5.73 Å². The summed E-state index contributed by atoms with van der Waals surface area (Å²) in [6, 6.07) is 9.29. The maximum absolute atomic E-state index is 12.5. The van der Waals surface area contributed by atoms with Gasteiger partial charge in [0.25, 0.3) is 0 Å². The predicted molar refractivity (Wildman–Crippen MR) is 87.6 cm³/mol. The molecule has 1 aliphatic rings. The van der Waals surface area contributed by atoms with Gasteiger partial charge >= 0.3 is 5.97 Å². The van der Waals surface area contributed by atoms with Crippen LogP contribution in [0.3, 0.4) is 0 Å². The van der Waals surface area contributed by atoms with Crippen LogP contribution in [-0.4, -0.2) is 19.2 Å². The molecule has 0 unspecified atom stereocenters. The summed E-state index contributed by atoms with van der Waals surface area (Å²) < 4.78 is 16.2. The second-order valence-corrected chi connectivity index (χ2v) is 5.09. The predicted octanol–water partition coefficient (Wildman–Crippen LogP) is 2.73. The van der Waals surface area contributed by atoms with E-state index in [0.717, 1.165) is 0 Å². The number of hydrogen-bond donors (Lipinski definition) is 1. The van der Waals surface area contributed by atoms with E-state index < -0.39 is 11.9 Å². The van der Waals surface area contributed by atoms with Gasteiger partial charge in [0.15, 0.2) is 0 Å². The van der Waals surface area contributed by atoms with Crippen molar-refractivity contribution in [3.05, 3.63) is 52.6 Å². The molecule has 2 N–H and O–H groups in total. The Labute approximate surface area is 141 Å². The summed E-state index contributed by atoms with van der Waals surface area (Å²) in [5.74, 6) is -0.334. The molecule has 6 heteroatoms. The average Bonchev–Trinajstić information content (AvgIpc) is 2.55. The van der Waals surface area contributed by atoms with Crippen molar-refractivity contribution >= 4 is 5.97 Å². The number of hydrogen-bond acceptors (Lipinski definition) is 6. The molecule has 1 aliphatic heterocycles. The molecule has 2 rings (SSSR count). The molecule has 0 amide bonds. The lowest BCUT2D eigenvalue weighted by molar-refractivity contribution is -0.139. The number of allylic oxidation sites excluding steroid dienone is 2. The molecular formula is C18H20N2O4. The molecule has 1 atom stereocenters. The lowest BCUT2D eigenvalue weighted by Crippen LogP contribution is -2.25. The first-order valence-electron chi connectivity index (χ1n) is 7.72. The van der Waals surface area contributed by atoms with E-state index in [-0.39, 0.29) is 23.6 Å². The molecule has 0 spiro atoms. The standard InChI is InChI=1S/C18H20N2O4/c1-4-22-14-9-7-6-8-12(14)16-13(10-19)17(20)24-11(3)15(16)18(21)23-5-2/h6-9,16H,4-5,20H2,1-3H3/t16-/m1/s1. The largest absolute Gasteiger partial charge is 0.494 e. The number of nitrogens with zero attached hydrogens (tertiary/aromatic N) is 1. The van der Waals surface area contributed by atoms with Crippen LogP contribution in [0.2, 0.25) is 0 Å². The minimum absolute atomic E-state index is 0.0145. The van der Waals surface area contributed by atoms with Gasteiger partial charge in [0, 0.05) is 5.56 Å². The summed E-state index contributed by atoms with van der Waals surface area (Å²) in [6.07, 6.45) is 0. The Balaban J connectivity index is 2.65. The zero-order valence-electron chi connectivity index (χ0n) is 14.0. The molecule has 0 radical (unpaired) electrons. The lowest BCUT2D eigenvalue weighted by atomic mass is 9.82. The smallest absolute Gasteiger partial charge is 0.338 e. The number of esters is 1. The van der Waals surface area contributed by atoms with E-state index in [1.54, 1.807) is 26.0 Å². The fraction of sp³-hybridized carbons (Fsp3) is 0.333. The number of para-hydroxylation sites is 1. The maximum Gasteiger partial charge on any atom is 0.338 e. The molecule has 1 heterocycles.